The Labute approximate surface area is 108 Å². The SMILES string of the molecule is O=C(CCI)c1c(Br)ccc(Cl)c1F. The zero-order valence-corrected chi connectivity index (χ0v) is 11.5. The highest BCUT2D eigenvalue weighted by Gasteiger charge is 2.17. The Morgan fingerprint density at radius 3 is 2.79 bits per heavy atom. The maximum Gasteiger partial charge on any atom is 0.167 e. The van der Waals surface area contributed by atoms with Gasteiger partial charge >= 0.3 is 0 Å². The van der Waals surface area contributed by atoms with Crippen molar-refractivity contribution in [3.8, 4) is 0 Å². The van der Waals surface area contributed by atoms with Crippen LogP contribution in [0.2, 0.25) is 5.02 Å². The maximum atomic E-state index is 13.5. The Hall–Kier alpha value is 0.320. The van der Waals surface area contributed by atoms with E-state index in [4.69, 9.17) is 11.6 Å². The minimum absolute atomic E-state index is 0.0231. The van der Waals surface area contributed by atoms with Crippen molar-refractivity contribution in [2.24, 2.45) is 0 Å². The van der Waals surface area contributed by atoms with E-state index in [0.717, 1.165) is 0 Å². The average molecular weight is 391 g/mol. The first-order valence-corrected chi connectivity index (χ1v) is 6.50. The highest BCUT2D eigenvalue weighted by molar-refractivity contribution is 14.1. The molecule has 0 unspecified atom stereocenters. The second-order valence-corrected chi connectivity index (χ2v) is 4.92. The number of alkyl halides is 1. The average Bonchev–Trinajstić information content (AvgIpc) is 2.13. The lowest BCUT2D eigenvalue weighted by Gasteiger charge is -2.05. The molecule has 0 saturated carbocycles. The van der Waals surface area contributed by atoms with Crippen LogP contribution in [-0.4, -0.2) is 10.2 Å². The molecule has 5 heteroatoms. The number of carbonyl (C=O) groups is 1. The molecule has 0 aliphatic heterocycles. The summed E-state index contributed by atoms with van der Waals surface area (Å²) in [6, 6.07) is 2.99. The van der Waals surface area contributed by atoms with E-state index in [1.807, 2.05) is 0 Å². The molecule has 1 aromatic rings. The first kappa shape index (κ1) is 12.4. The minimum Gasteiger partial charge on any atom is -0.294 e. The summed E-state index contributed by atoms with van der Waals surface area (Å²) in [7, 11) is 0. The zero-order chi connectivity index (χ0) is 10.7. The van der Waals surface area contributed by atoms with Crippen LogP contribution in [0.5, 0.6) is 0 Å². The van der Waals surface area contributed by atoms with Crippen LogP contribution in [0.15, 0.2) is 16.6 Å². The van der Waals surface area contributed by atoms with Crippen LogP contribution in [0.1, 0.15) is 16.8 Å². The Morgan fingerprint density at radius 1 is 1.57 bits per heavy atom. The molecule has 0 atom stereocenters. The summed E-state index contributed by atoms with van der Waals surface area (Å²) in [5, 5.41) is -0.0231. The van der Waals surface area contributed by atoms with Gasteiger partial charge in [-0.3, -0.25) is 4.79 Å². The number of rotatable bonds is 3. The van der Waals surface area contributed by atoms with Crippen LogP contribution < -0.4 is 0 Å². The molecule has 0 fully saturated rings. The number of halogens is 4. The molecule has 0 amide bonds. The largest absolute Gasteiger partial charge is 0.294 e. The molecule has 0 saturated heterocycles. The molecular formula is C9H6BrClFIO. The number of benzene rings is 1. The summed E-state index contributed by atoms with van der Waals surface area (Å²) in [5.74, 6) is -0.873. The fourth-order valence-corrected chi connectivity index (χ4v) is 2.17. The molecule has 14 heavy (non-hydrogen) atoms. The fourth-order valence-electron chi connectivity index (χ4n) is 0.993. The van der Waals surface area contributed by atoms with E-state index in [1.54, 1.807) is 6.07 Å². The molecule has 0 radical (unpaired) electrons. The Morgan fingerprint density at radius 2 is 2.21 bits per heavy atom. The normalized spacial score (nSPS) is 10.3. The lowest BCUT2D eigenvalue weighted by Crippen LogP contribution is -2.04. The van der Waals surface area contributed by atoms with E-state index in [2.05, 4.69) is 38.5 Å². The Bertz CT molecular complexity index is 370. The van der Waals surface area contributed by atoms with Gasteiger partial charge in [0.15, 0.2) is 11.6 Å². The molecule has 0 bridgehead atoms. The summed E-state index contributed by atoms with van der Waals surface area (Å²) in [6.45, 7) is 0. The number of Topliss-reactive ketones (excluding diaryl/α,β-unsaturated/α-hetero) is 1. The summed E-state index contributed by atoms with van der Waals surface area (Å²) < 4.78 is 14.6. The summed E-state index contributed by atoms with van der Waals surface area (Å²) in [4.78, 5) is 11.5. The van der Waals surface area contributed by atoms with Gasteiger partial charge in [-0.05, 0) is 28.1 Å². The summed E-state index contributed by atoms with van der Waals surface area (Å²) in [6.07, 6.45) is 0.316. The lowest BCUT2D eigenvalue weighted by atomic mass is 10.1. The van der Waals surface area contributed by atoms with Gasteiger partial charge in [-0.2, -0.15) is 0 Å². The predicted octanol–water partition coefficient (Wildman–Crippen LogP) is 4.25. The van der Waals surface area contributed by atoms with E-state index in [1.165, 1.54) is 6.07 Å². The molecular weight excluding hydrogens is 385 g/mol. The second-order valence-electron chi connectivity index (χ2n) is 2.58. The smallest absolute Gasteiger partial charge is 0.167 e. The fraction of sp³-hybridized carbons (Fsp3) is 0.222. The zero-order valence-electron chi connectivity index (χ0n) is 6.99. The predicted molar refractivity (Wildman–Crippen MR) is 66.9 cm³/mol. The van der Waals surface area contributed by atoms with E-state index in [-0.39, 0.29) is 16.4 Å². The quantitative estimate of drug-likeness (QED) is 0.326. The van der Waals surface area contributed by atoms with Gasteiger partial charge < -0.3 is 0 Å². The monoisotopic (exact) mass is 390 g/mol. The van der Waals surface area contributed by atoms with Gasteiger partial charge in [0.1, 0.15) is 0 Å². The number of hydrogen-bond donors (Lipinski definition) is 0. The van der Waals surface area contributed by atoms with Crippen molar-refractivity contribution in [1.29, 1.82) is 0 Å². The van der Waals surface area contributed by atoms with Crippen molar-refractivity contribution in [1.82, 2.24) is 0 Å². The van der Waals surface area contributed by atoms with Crippen molar-refractivity contribution in [3.05, 3.63) is 33.0 Å². The van der Waals surface area contributed by atoms with Crippen molar-refractivity contribution < 1.29 is 9.18 Å². The highest BCUT2D eigenvalue weighted by Crippen LogP contribution is 2.27. The molecule has 0 aliphatic carbocycles. The molecule has 0 spiro atoms. The van der Waals surface area contributed by atoms with E-state index >= 15 is 0 Å². The maximum absolute atomic E-state index is 13.5. The van der Waals surface area contributed by atoms with E-state index < -0.39 is 5.82 Å². The van der Waals surface area contributed by atoms with Gasteiger partial charge in [0.2, 0.25) is 0 Å². The van der Waals surface area contributed by atoms with Crippen LogP contribution in [-0.2, 0) is 0 Å². The van der Waals surface area contributed by atoms with E-state index in [0.29, 0.717) is 15.3 Å². The highest BCUT2D eigenvalue weighted by atomic mass is 127. The van der Waals surface area contributed by atoms with Crippen LogP contribution in [0.4, 0.5) is 4.39 Å². The molecule has 0 N–H and O–H groups in total. The van der Waals surface area contributed by atoms with Gasteiger partial charge in [-0.1, -0.05) is 34.2 Å². The first-order valence-electron chi connectivity index (χ1n) is 3.80. The summed E-state index contributed by atoms with van der Waals surface area (Å²) in [5.41, 5.74) is 0.0502. The molecule has 1 aromatic carbocycles. The van der Waals surface area contributed by atoms with Crippen LogP contribution in [0.25, 0.3) is 0 Å². The lowest BCUT2D eigenvalue weighted by molar-refractivity contribution is 0.0985. The van der Waals surface area contributed by atoms with Crippen molar-refractivity contribution in [2.45, 2.75) is 6.42 Å². The Kier molecular flexibility index (Phi) is 4.79. The Balaban J connectivity index is 3.18. The third-order valence-corrected chi connectivity index (χ3v) is 3.14. The molecule has 0 aromatic heterocycles. The second kappa shape index (κ2) is 5.42. The van der Waals surface area contributed by atoms with Crippen molar-refractivity contribution in [3.63, 3.8) is 0 Å². The van der Waals surface area contributed by atoms with Gasteiger partial charge in [-0.15, -0.1) is 0 Å². The van der Waals surface area contributed by atoms with Gasteiger partial charge in [0, 0.05) is 15.3 Å². The van der Waals surface area contributed by atoms with Gasteiger partial charge in [0.25, 0.3) is 0 Å². The van der Waals surface area contributed by atoms with Gasteiger partial charge in [-0.25, -0.2) is 4.39 Å². The van der Waals surface area contributed by atoms with Crippen LogP contribution in [0, 0.1) is 5.82 Å². The number of ketones is 1. The third-order valence-electron chi connectivity index (χ3n) is 1.64. The van der Waals surface area contributed by atoms with E-state index in [9.17, 15) is 9.18 Å². The van der Waals surface area contributed by atoms with Crippen molar-refractivity contribution in [2.75, 3.05) is 4.43 Å². The van der Waals surface area contributed by atoms with Crippen molar-refractivity contribution >= 4 is 55.9 Å². The number of hydrogen-bond acceptors (Lipinski definition) is 1. The number of carbonyl (C=O) groups excluding carboxylic acids is 1. The molecule has 1 rings (SSSR count). The molecule has 0 heterocycles. The summed E-state index contributed by atoms with van der Waals surface area (Å²) >= 11 is 10.8. The topological polar surface area (TPSA) is 17.1 Å². The van der Waals surface area contributed by atoms with Crippen LogP contribution in [0.3, 0.4) is 0 Å². The van der Waals surface area contributed by atoms with Crippen LogP contribution >= 0.6 is 50.1 Å². The minimum atomic E-state index is -0.643. The molecule has 76 valence electrons. The third kappa shape index (κ3) is 2.67. The van der Waals surface area contributed by atoms with Gasteiger partial charge in [0.05, 0.1) is 10.6 Å². The first-order chi connectivity index (χ1) is 6.57. The molecule has 1 nitrogen and oxygen atoms in total. The molecule has 0 aliphatic rings. The standard InChI is InChI=1S/C9H6BrClFIO/c10-5-1-2-6(11)9(12)8(5)7(14)3-4-13/h1-2H,3-4H2.